The summed E-state index contributed by atoms with van der Waals surface area (Å²) in [6.45, 7) is 6.12. The second kappa shape index (κ2) is 8.82. The van der Waals surface area contributed by atoms with Crippen molar-refractivity contribution >= 4 is 17.3 Å². The largest absolute Gasteiger partial charge is 0.497 e. The minimum atomic E-state index is -0.193. The van der Waals surface area contributed by atoms with Gasteiger partial charge in [-0.2, -0.15) is 0 Å². The average molecular weight is 328 g/mol. The van der Waals surface area contributed by atoms with E-state index in [0.29, 0.717) is 5.75 Å². The highest BCUT2D eigenvalue weighted by Gasteiger charge is 2.06. The van der Waals surface area contributed by atoms with Gasteiger partial charge in [0.1, 0.15) is 11.5 Å². The van der Waals surface area contributed by atoms with Gasteiger partial charge in [0.05, 0.1) is 7.11 Å². The fourth-order valence-corrected chi connectivity index (χ4v) is 2.36. The molecule has 0 saturated carbocycles. The van der Waals surface area contributed by atoms with Crippen molar-refractivity contribution in [1.82, 2.24) is 0 Å². The monoisotopic (exact) mass is 328 g/mol. The van der Waals surface area contributed by atoms with Crippen LogP contribution in [-0.4, -0.2) is 32.7 Å². The molecule has 0 heterocycles. The van der Waals surface area contributed by atoms with Gasteiger partial charge in [0.15, 0.2) is 6.61 Å². The first kappa shape index (κ1) is 17.7. The number of hydrogen-bond donors (Lipinski definition) is 1. The van der Waals surface area contributed by atoms with Crippen molar-refractivity contribution in [2.45, 2.75) is 13.8 Å². The Labute approximate surface area is 143 Å². The fraction of sp³-hybridized carbons (Fsp3) is 0.316. The molecular weight excluding hydrogens is 304 g/mol. The number of anilines is 2. The Morgan fingerprint density at radius 1 is 0.958 bits per heavy atom. The highest BCUT2D eigenvalue weighted by molar-refractivity contribution is 5.92. The second-order valence-corrected chi connectivity index (χ2v) is 5.23. The summed E-state index contributed by atoms with van der Waals surface area (Å²) in [5.74, 6) is 1.18. The Hall–Kier alpha value is -2.69. The molecule has 0 fully saturated rings. The first-order chi connectivity index (χ1) is 11.7. The Morgan fingerprint density at radius 3 is 2.08 bits per heavy atom. The molecule has 128 valence electrons. The van der Waals surface area contributed by atoms with E-state index in [1.54, 1.807) is 31.4 Å². The zero-order valence-electron chi connectivity index (χ0n) is 14.4. The lowest BCUT2D eigenvalue weighted by atomic mass is 10.2. The first-order valence-electron chi connectivity index (χ1n) is 8.08. The molecular formula is C19H24N2O3. The maximum Gasteiger partial charge on any atom is 0.262 e. The molecule has 24 heavy (non-hydrogen) atoms. The summed E-state index contributed by atoms with van der Waals surface area (Å²) < 4.78 is 10.5. The van der Waals surface area contributed by atoms with E-state index in [2.05, 4.69) is 24.1 Å². The summed E-state index contributed by atoms with van der Waals surface area (Å²) in [5, 5.41) is 2.83. The number of hydrogen-bond acceptors (Lipinski definition) is 4. The van der Waals surface area contributed by atoms with Gasteiger partial charge >= 0.3 is 0 Å². The summed E-state index contributed by atoms with van der Waals surface area (Å²) in [4.78, 5) is 14.2. The zero-order chi connectivity index (χ0) is 17.4. The molecule has 1 N–H and O–H groups in total. The van der Waals surface area contributed by atoms with Crippen molar-refractivity contribution in [2.24, 2.45) is 0 Å². The topological polar surface area (TPSA) is 50.8 Å². The average Bonchev–Trinajstić information content (AvgIpc) is 2.63. The summed E-state index contributed by atoms with van der Waals surface area (Å²) >= 11 is 0. The summed E-state index contributed by atoms with van der Waals surface area (Å²) in [7, 11) is 1.61. The van der Waals surface area contributed by atoms with E-state index in [1.807, 2.05) is 24.3 Å². The predicted octanol–water partition coefficient (Wildman–Crippen LogP) is 3.56. The van der Waals surface area contributed by atoms with Crippen LogP contribution in [0.1, 0.15) is 13.8 Å². The molecule has 2 aromatic carbocycles. The van der Waals surface area contributed by atoms with Crippen molar-refractivity contribution in [2.75, 3.05) is 37.0 Å². The Bertz CT molecular complexity index is 635. The third-order valence-electron chi connectivity index (χ3n) is 3.71. The maximum atomic E-state index is 12.0. The van der Waals surface area contributed by atoms with Gasteiger partial charge in [-0.25, -0.2) is 0 Å². The molecule has 0 aliphatic heterocycles. The number of ether oxygens (including phenoxy) is 2. The molecule has 2 rings (SSSR count). The van der Waals surface area contributed by atoms with E-state index in [-0.39, 0.29) is 12.5 Å². The quantitative estimate of drug-likeness (QED) is 0.805. The van der Waals surface area contributed by atoms with Crippen LogP contribution in [-0.2, 0) is 4.79 Å². The molecule has 0 aliphatic carbocycles. The van der Waals surface area contributed by atoms with E-state index in [4.69, 9.17) is 9.47 Å². The van der Waals surface area contributed by atoms with Crippen LogP contribution in [0.25, 0.3) is 0 Å². The number of carbonyl (C=O) groups is 1. The maximum absolute atomic E-state index is 12.0. The third kappa shape index (κ3) is 4.91. The van der Waals surface area contributed by atoms with Crippen LogP contribution in [0, 0.1) is 0 Å². The second-order valence-electron chi connectivity index (χ2n) is 5.23. The molecule has 0 aromatic heterocycles. The van der Waals surface area contributed by atoms with Gasteiger partial charge in [0.25, 0.3) is 5.91 Å². The van der Waals surface area contributed by atoms with Crippen LogP contribution in [0.15, 0.2) is 48.5 Å². The zero-order valence-corrected chi connectivity index (χ0v) is 14.4. The van der Waals surface area contributed by atoms with Crippen molar-refractivity contribution in [3.8, 4) is 11.5 Å². The van der Waals surface area contributed by atoms with Gasteiger partial charge in [-0.3, -0.25) is 4.79 Å². The first-order valence-corrected chi connectivity index (χ1v) is 8.08. The van der Waals surface area contributed by atoms with E-state index < -0.39 is 0 Å². The predicted molar refractivity (Wildman–Crippen MR) is 97.1 cm³/mol. The lowest BCUT2D eigenvalue weighted by Gasteiger charge is -2.21. The molecule has 0 radical (unpaired) electrons. The summed E-state index contributed by atoms with van der Waals surface area (Å²) in [6, 6.07) is 14.9. The van der Waals surface area contributed by atoms with Crippen molar-refractivity contribution < 1.29 is 14.3 Å². The number of amides is 1. The standard InChI is InChI=1S/C19H24N2O3/c1-4-21(5-2)16-8-6-15(7-9-16)20-19(22)14-24-18-12-10-17(23-3)11-13-18/h6-13H,4-5,14H2,1-3H3,(H,20,22). The van der Waals surface area contributed by atoms with E-state index in [1.165, 1.54) is 0 Å². The molecule has 0 bridgehead atoms. The van der Waals surface area contributed by atoms with Crippen LogP contribution >= 0.6 is 0 Å². The van der Waals surface area contributed by atoms with Crippen molar-refractivity contribution in [3.63, 3.8) is 0 Å². The third-order valence-corrected chi connectivity index (χ3v) is 3.71. The number of nitrogens with zero attached hydrogens (tertiary/aromatic N) is 1. The molecule has 0 unspecified atom stereocenters. The Morgan fingerprint density at radius 2 is 1.54 bits per heavy atom. The fourth-order valence-electron chi connectivity index (χ4n) is 2.36. The SMILES string of the molecule is CCN(CC)c1ccc(NC(=O)COc2ccc(OC)cc2)cc1. The van der Waals surface area contributed by atoms with Crippen LogP contribution in [0.5, 0.6) is 11.5 Å². The van der Waals surface area contributed by atoms with Gasteiger partial charge in [-0.1, -0.05) is 0 Å². The Balaban J connectivity index is 1.85. The molecule has 2 aromatic rings. The number of methoxy groups -OCH3 is 1. The molecule has 0 atom stereocenters. The summed E-state index contributed by atoms with van der Waals surface area (Å²) in [6.07, 6.45) is 0. The van der Waals surface area contributed by atoms with E-state index >= 15 is 0 Å². The lowest BCUT2D eigenvalue weighted by molar-refractivity contribution is -0.118. The molecule has 0 spiro atoms. The highest BCUT2D eigenvalue weighted by Crippen LogP contribution is 2.19. The molecule has 0 saturated heterocycles. The van der Waals surface area contributed by atoms with Crippen molar-refractivity contribution in [1.29, 1.82) is 0 Å². The van der Waals surface area contributed by atoms with E-state index in [0.717, 1.165) is 30.2 Å². The molecule has 1 amide bonds. The number of rotatable bonds is 8. The smallest absolute Gasteiger partial charge is 0.262 e. The van der Waals surface area contributed by atoms with Crippen LogP contribution in [0.3, 0.4) is 0 Å². The summed E-state index contributed by atoms with van der Waals surface area (Å²) in [5.41, 5.74) is 1.90. The number of benzene rings is 2. The molecule has 0 aliphatic rings. The van der Waals surface area contributed by atoms with E-state index in [9.17, 15) is 4.79 Å². The normalized spacial score (nSPS) is 10.1. The highest BCUT2D eigenvalue weighted by atomic mass is 16.5. The number of nitrogens with one attached hydrogen (secondary N) is 1. The number of carbonyl (C=O) groups excluding carboxylic acids is 1. The molecule has 5 heteroatoms. The Kier molecular flexibility index (Phi) is 6.49. The molecule has 5 nitrogen and oxygen atoms in total. The van der Waals surface area contributed by atoms with Gasteiger partial charge in [0, 0.05) is 24.5 Å². The van der Waals surface area contributed by atoms with Gasteiger partial charge < -0.3 is 19.7 Å². The minimum Gasteiger partial charge on any atom is -0.497 e. The van der Waals surface area contributed by atoms with Crippen LogP contribution in [0.4, 0.5) is 11.4 Å². The van der Waals surface area contributed by atoms with Gasteiger partial charge in [-0.15, -0.1) is 0 Å². The van der Waals surface area contributed by atoms with Gasteiger partial charge in [-0.05, 0) is 62.4 Å². The van der Waals surface area contributed by atoms with Crippen LogP contribution < -0.4 is 19.7 Å². The lowest BCUT2D eigenvalue weighted by Crippen LogP contribution is -2.22. The van der Waals surface area contributed by atoms with Crippen molar-refractivity contribution in [3.05, 3.63) is 48.5 Å². The minimum absolute atomic E-state index is 0.0376. The van der Waals surface area contributed by atoms with Crippen LogP contribution in [0.2, 0.25) is 0 Å². The van der Waals surface area contributed by atoms with Gasteiger partial charge in [0.2, 0.25) is 0 Å².